The van der Waals surface area contributed by atoms with E-state index in [0.29, 0.717) is 0 Å². The monoisotopic (exact) mass is 282 g/mol. The maximum Gasteiger partial charge on any atom is 0.227 e. The number of aromatic nitrogens is 2. The minimum Gasteiger partial charge on any atom is -0.356 e. The Bertz CT molecular complexity index is 628. The van der Waals surface area contributed by atoms with Crippen LogP contribution in [0.15, 0.2) is 24.3 Å². The summed E-state index contributed by atoms with van der Waals surface area (Å²) in [5.74, 6) is 2.06. The third-order valence-electron chi connectivity index (χ3n) is 4.62. The maximum atomic E-state index is 4.95. The summed E-state index contributed by atoms with van der Waals surface area (Å²) >= 11 is 0. The zero-order valence-electron chi connectivity index (χ0n) is 12.5. The molecule has 2 fully saturated rings. The van der Waals surface area contributed by atoms with Crippen LogP contribution in [0.25, 0.3) is 10.9 Å². The molecule has 0 radical (unpaired) electrons. The van der Waals surface area contributed by atoms with Gasteiger partial charge in [-0.05, 0) is 44.2 Å². The molecule has 0 unspecified atom stereocenters. The maximum absolute atomic E-state index is 4.95. The SMILES string of the molecule is c1ccc2c(N3CCCC3)nc(N3CCCCC3)nc2c1. The number of piperidine rings is 1. The molecule has 0 bridgehead atoms. The number of benzene rings is 1. The Kier molecular flexibility index (Phi) is 3.37. The van der Waals surface area contributed by atoms with Crippen molar-refractivity contribution in [1.82, 2.24) is 9.97 Å². The van der Waals surface area contributed by atoms with Gasteiger partial charge in [-0.3, -0.25) is 0 Å². The molecule has 2 aliphatic rings. The Hall–Kier alpha value is -1.84. The van der Waals surface area contributed by atoms with Gasteiger partial charge in [-0.15, -0.1) is 0 Å². The third-order valence-corrected chi connectivity index (χ3v) is 4.62. The molecule has 0 N–H and O–H groups in total. The van der Waals surface area contributed by atoms with Crippen molar-refractivity contribution < 1.29 is 0 Å². The van der Waals surface area contributed by atoms with E-state index in [-0.39, 0.29) is 0 Å². The van der Waals surface area contributed by atoms with Crippen molar-refractivity contribution >= 4 is 22.7 Å². The molecular formula is C17H22N4. The first-order valence-corrected chi connectivity index (χ1v) is 8.18. The second-order valence-corrected chi connectivity index (χ2v) is 6.11. The van der Waals surface area contributed by atoms with Crippen LogP contribution in [0.2, 0.25) is 0 Å². The largest absolute Gasteiger partial charge is 0.356 e. The van der Waals surface area contributed by atoms with Crippen molar-refractivity contribution in [2.24, 2.45) is 0 Å². The quantitative estimate of drug-likeness (QED) is 0.846. The number of rotatable bonds is 2. The number of anilines is 2. The summed E-state index contributed by atoms with van der Waals surface area (Å²) < 4.78 is 0. The van der Waals surface area contributed by atoms with Gasteiger partial charge < -0.3 is 9.80 Å². The summed E-state index contributed by atoms with van der Waals surface area (Å²) in [7, 11) is 0. The standard InChI is InChI=1S/C17H22N4/c1-4-12-21(13-5-1)17-18-15-9-3-2-8-14(15)16(19-17)20-10-6-7-11-20/h2-3,8-9H,1,4-7,10-13H2. The van der Waals surface area contributed by atoms with Gasteiger partial charge in [0.2, 0.25) is 5.95 Å². The lowest BCUT2D eigenvalue weighted by Crippen LogP contribution is -2.31. The first kappa shape index (κ1) is 12.9. The highest BCUT2D eigenvalue weighted by molar-refractivity contribution is 5.90. The summed E-state index contributed by atoms with van der Waals surface area (Å²) in [6, 6.07) is 8.43. The van der Waals surface area contributed by atoms with E-state index in [9.17, 15) is 0 Å². The van der Waals surface area contributed by atoms with E-state index in [4.69, 9.17) is 9.97 Å². The van der Waals surface area contributed by atoms with E-state index in [1.54, 1.807) is 0 Å². The van der Waals surface area contributed by atoms with Crippen LogP contribution in [-0.2, 0) is 0 Å². The molecule has 0 atom stereocenters. The summed E-state index contributed by atoms with van der Waals surface area (Å²) in [6.45, 7) is 4.44. The first-order valence-electron chi connectivity index (χ1n) is 8.18. The van der Waals surface area contributed by atoms with E-state index in [1.165, 1.54) is 37.5 Å². The second-order valence-electron chi connectivity index (χ2n) is 6.11. The Morgan fingerprint density at radius 1 is 0.714 bits per heavy atom. The van der Waals surface area contributed by atoms with Crippen LogP contribution in [0.4, 0.5) is 11.8 Å². The van der Waals surface area contributed by atoms with Gasteiger partial charge in [-0.1, -0.05) is 12.1 Å². The van der Waals surface area contributed by atoms with Crippen LogP contribution in [0.5, 0.6) is 0 Å². The fourth-order valence-electron chi connectivity index (χ4n) is 3.45. The van der Waals surface area contributed by atoms with Gasteiger partial charge in [0.15, 0.2) is 0 Å². The second kappa shape index (κ2) is 5.51. The van der Waals surface area contributed by atoms with Crippen LogP contribution in [0, 0.1) is 0 Å². The van der Waals surface area contributed by atoms with Gasteiger partial charge in [-0.25, -0.2) is 4.98 Å². The minimum absolute atomic E-state index is 0.926. The van der Waals surface area contributed by atoms with Gasteiger partial charge in [-0.2, -0.15) is 4.98 Å². The molecule has 3 heterocycles. The predicted molar refractivity (Wildman–Crippen MR) is 87.0 cm³/mol. The third kappa shape index (κ3) is 2.43. The van der Waals surface area contributed by atoms with Crippen molar-refractivity contribution in [1.29, 1.82) is 0 Å². The summed E-state index contributed by atoms with van der Waals surface area (Å²) in [5.41, 5.74) is 1.08. The highest BCUT2D eigenvalue weighted by Crippen LogP contribution is 2.29. The van der Waals surface area contributed by atoms with Crippen LogP contribution in [0.3, 0.4) is 0 Å². The molecule has 4 rings (SSSR count). The van der Waals surface area contributed by atoms with Crippen molar-refractivity contribution in [3.8, 4) is 0 Å². The number of hydrogen-bond donors (Lipinski definition) is 0. The van der Waals surface area contributed by atoms with Gasteiger partial charge in [0.25, 0.3) is 0 Å². The Morgan fingerprint density at radius 2 is 1.38 bits per heavy atom. The predicted octanol–water partition coefficient (Wildman–Crippen LogP) is 3.22. The van der Waals surface area contributed by atoms with Crippen molar-refractivity contribution in [2.45, 2.75) is 32.1 Å². The number of hydrogen-bond acceptors (Lipinski definition) is 4. The fourth-order valence-corrected chi connectivity index (χ4v) is 3.45. The molecule has 2 saturated heterocycles. The lowest BCUT2D eigenvalue weighted by Gasteiger charge is -2.28. The minimum atomic E-state index is 0.926. The molecule has 110 valence electrons. The molecule has 2 aliphatic heterocycles. The van der Waals surface area contributed by atoms with Crippen LogP contribution >= 0.6 is 0 Å². The van der Waals surface area contributed by atoms with Crippen molar-refractivity contribution in [3.05, 3.63) is 24.3 Å². The average Bonchev–Trinajstić information content (AvgIpc) is 3.09. The number of para-hydroxylation sites is 1. The normalized spacial score (nSPS) is 19.4. The van der Waals surface area contributed by atoms with Crippen molar-refractivity contribution in [3.63, 3.8) is 0 Å². The molecule has 21 heavy (non-hydrogen) atoms. The number of nitrogens with zero attached hydrogens (tertiary/aromatic N) is 4. The zero-order valence-corrected chi connectivity index (χ0v) is 12.5. The Morgan fingerprint density at radius 3 is 2.19 bits per heavy atom. The topological polar surface area (TPSA) is 32.3 Å². The van der Waals surface area contributed by atoms with E-state index in [1.807, 2.05) is 0 Å². The molecule has 0 spiro atoms. The van der Waals surface area contributed by atoms with Crippen LogP contribution < -0.4 is 9.80 Å². The van der Waals surface area contributed by atoms with Gasteiger partial charge in [0.05, 0.1) is 5.52 Å². The molecule has 1 aromatic heterocycles. The first-order chi connectivity index (χ1) is 10.4. The average molecular weight is 282 g/mol. The van der Waals surface area contributed by atoms with E-state index >= 15 is 0 Å². The highest BCUT2D eigenvalue weighted by Gasteiger charge is 2.20. The lowest BCUT2D eigenvalue weighted by atomic mass is 10.1. The van der Waals surface area contributed by atoms with E-state index < -0.39 is 0 Å². The molecule has 0 aliphatic carbocycles. The number of fused-ring (bicyclic) bond motifs is 1. The lowest BCUT2D eigenvalue weighted by molar-refractivity contribution is 0.569. The van der Waals surface area contributed by atoms with E-state index in [2.05, 4.69) is 34.1 Å². The van der Waals surface area contributed by atoms with Crippen LogP contribution in [-0.4, -0.2) is 36.1 Å². The summed E-state index contributed by atoms with van der Waals surface area (Å²) in [4.78, 5) is 14.6. The molecular weight excluding hydrogens is 260 g/mol. The molecule has 4 heteroatoms. The van der Waals surface area contributed by atoms with Crippen LogP contribution in [0.1, 0.15) is 32.1 Å². The van der Waals surface area contributed by atoms with Gasteiger partial charge in [0.1, 0.15) is 5.82 Å². The Balaban J connectivity index is 1.80. The van der Waals surface area contributed by atoms with Gasteiger partial charge >= 0.3 is 0 Å². The molecule has 1 aromatic carbocycles. The van der Waals surface area contributed by atoms with Crippen molar-refractivity contribution in [2.75, 3.05) is 36.0 Å². The molecule has 0 saturated carbocycles. The highest BCUT2D eigenvalue weighted by atomic mass is 15.3. The van der Waals surface area contributed by atoms with E-state index in [0.717, 1.165) is 43.5 Å². The smallest absolute Gasteiger partial charge is 0.227 e. The molecule has 4 nitrogen and oxygen atoms in total. The Labute approximate surface area is 125 Å². The van der Waals surface area contributed by atoms with Gasteiger partial charge in [0, 0.05) is 31.6 Å². The summed E-state index contributed by atoms with van der Waals surface area (Å²) in [6.07, 6.45) is 6.41. The molecule has 0 amide bonds. The molecule has 2 aromatic rings. The fraction of sp³-hybridized carbons (Fsp3) is 0.529. The summed E-state index contributed by atoms with van der Waals surface area (Å²) in [5, 5.41) is 1.19. The zero-order chi connectivity index (χ0) is 14.1.